The van der Waals surface area contributed by atoms with Crippen LogP contribution in [0.4, 0.5) is 0 Å². The largest absolute Gasteiger partial charge is 0.393 e. The Bertz CT molecular complexity index is 944. The summed E-state index contributed by atoms with van der Waals surface area (Å²) in [6.45, 7) is 1.93. The molecule has 3 rings (SSSR count). The highest BCUT2D eigenvalue weighted by atomic mass is 16.2. The molecular formula is C21H28N6O2. The fourth-order valence-electron chi connectivity index (χ4n) is 3.24. The van der Waals surface area contributed by atoms with E-state index < -0.39 is 0 Å². The molecule has 8 nitrogen and oxygen atoms in total. The van der Waals surface area contributed by atoms with Crippen molar-refractivity contribution in [1.82, 2.24) is 29.8 Å². The maximum Gasteiger partial charge on any atom is 0.273 e. The fraction of sp³-hybridized carbons (Fsp3) is 0.381. The number of nitrogens with one attached hydrogen (secondary N) is 2. The molecule has 0 bridgehead atoms. The molecule has 1 aliphatic rings. The molecule has 0 radical (unpaired) electrons. The number of aromatic nitrogens is 2. The average molecular weight is 396 g/mol. The number of carbonyl (C=O) groups excluding carboxylic acids is 2. The van der Waals surface area contributed by atoms with Crippen molar-refractivity contribution in [2.75, 3.05) is 40.8 Å². The van der Waals surface area contributed by atoms with Gasteiger partial charge >= 0.3 is 0 Å². The number of amides is 2. The quantitative estimate of drug-likeness (QED) is 0.690. The highest BCUT2D eigenvalue weighted by molar-refractivity contribution is 5.92. The molecule has 0 aliphatic carbocycles. The van der Waals surface area contributed by atoms with Crippen molar-refractivity contribution >= 4 is 23.0 Å². The van der Waals surface area contributed by atoms with Gasteiger partial charge in [0.15, 0.2) is 0 Å². The molecule has 154 valence electrons. The molecule has 0 unspecified atom stereocenters. The molecule has 0 atom stereocenters. The van der Waals surface area contributed by atoms with Crippen LogP contribution in [0.25, 0.3) is 11.2 Å². The highest BCUT2D eigenvalue weighted by Crippen LogP contribution is 2.22. The van der Waals surface area contributed by atoms with Crippen molar-refractivity contribution in [3.63, 3.8) is 0 Å². The predicted molar refractivity (Wildman–Crippen MR) is 113 cm³/mol. The van der Waals surface area contributed by atoms with Crippen LogP contribution in [-0.2, 0) is 4.79 Å². The Morgan fingerprint density at radius 3 is 2.90 bits per heavy atom. The molecule has 2 aromatic heterocycles. The van der Waals surface area contributed by atoms with Crippen LogP contribution < -0.4 is 10.6 Å². The number of fused-ring (bicyclic) bond motifs is 1. The maximum absolute atomic E-state index is 12.5. The molecule has 2 N–H and O–H groups in total. The van der Waals surface area contributed by atoms with Gasteiger partial charge < -0.3 is 24.8 Å². The van der Waals surface area contributed by atoms with E-state index in [4.69, 9.17) is 0 Å². The highest BCUT2D eigenvalue weighted by Gasteiger charge is 2.19. The monoisotopic (exact) mass is 396 g/mol. The van der Waals surface area contributed by atoms with Gasteiger partial charge in [-0.15, -0.1) is 0 Å². The normalized spacial score (nSPS) is 14.2. The van der Waals surface area contributed by atoms with E-state index in [-0.39, 0.29) is 11.8 Å². The van der Waals surface area contributed by atoms with Gasteiger partial charge in [0.1, 0.15) is 11.3 Å². The lowest BCUT2D eigenvalue weighted by Crippen LogP contribution is -2.36. The third-order valence-corrected chi connectivity index (χ3v) is 4.81. The number of nitrogens with zero attached hydrogens (tertiary/aromatic N) is 4. The van der Waals surface area contributed by atoms with Crippen molar-refractivity contribution in [2.24, 2.45) is 0 Å². The lowest BCUT2D eigenvalue weighted by molar-refractivity contribution is -0.130. The lowest BCUT2D eigenvalue weighted by atomic mass is 10.0. The van der Waals surface area contributed by atoms with Gasteiger partial charge in [-0.05, 0) is 29.7 Å². The minimum Gasteiger partial charge on any atom is -0.393 e. The first-order valence-corrected chi connectivity index (χ1v) is 9.73. The summed E-state index contributed by atoms with van der Waals surface area (Å²) in [6.07, 6.45) is 10.7. The Labute approximate surface area is 170 Å². The van der Waals surface area contributed by atoms with Gasteiger partial charge in [-0.2, -0.15) is 0 Å². The maximum atomic E-state index is 12.5. The van der Waals surface area contributed by atoms with Crippen molar-refractivity contribution < 1.29 is 9.59 Å². The Hall–Kier alpha value is -3.29. The smallest absolute Gasteiger partial charge is 0.273 e. The van der Waals surface area contributed by atoms with E-state index in [1.54, 1.807) is 32.7 Å². The first-order chi connectivity index (χ1) is 14.0. The molecule has 0 aromatic carbocycles. The fourth-order valence-corrected chi connectivity index (χ4v) is 3.24. The van der Waals surface area contributed by atoms with Crippen molar-refractivity contribution in [2.45, 2.75) is 12.8 Å². The van der Waals surface area contributed by atoms with E-state index in [0.717, 1.165) is 29.7 Å². The van der Waals surface area contributed by atoms with Gasteiger partial charge in [0, 0.05) is 72.0 Å². The Morgan fingerprint density at radius 2 is 2.14 bits per heavy atom. The van der Waals surface area contributed by atoms with Crippen LogP contribution in [0.15, 0.2) is 43.0 Å². The van der Waals surface area contributed by atoms with Crippen LogP contribution in [0.1, 0.15) is 28.9 Å². The standard InChI is InChI=1S/C21H28N6O2/c1-22-9-10-23-8-6-20(28)27-11-4-5-17(14-27)16-7-12-26-15-18(21(29)25(2)3)24-19(26)13-16/h5,7,9-10,12-13,15,22-23H,4,6,8,11,14H2,1-3H3/b10-9-. The summed E-state index contributed by atoms with van der Waals surface area (Å²) >= 11 is 0. The Kier molecular flexibility index (Phi) is 6.54. The summed E-state index contributed by atoms with van der Waals surface area (Å²) in [6, 6.07) is 3.97. The number of imidazole rings is 1. The van der Waals surface area contributed by atoms with Crippen LogP contribution in [0.5, 0.6) is 0 Å². The van der Waals surface area contributed by atoms with Crippen molar-refractivity contribution in [1.29, 1.82) is 0 Å². The second kappa shape index (κ2) is 9.27. The second-order valence-electron chi connectivity index (χ2n) is 7.17. The van der Waals surface area contributed by atoms with E-state index in [9.17, 15) is 9.59 Å². The van der Waals surface area contributed by atoms with Crippen LogP contribution in [-0.4, -0.2) is 71.8 Å². The molecule has 0 saturated heterocycles. The molecule has 3 heterocycles. The van der Waals surface area contributed by atoms with E-state index in [2.05, 4.69) is 21.7 Å². The minimum atomic E-state index is -0.123. The molecule has 0 spiro atoms. The van der Waals surface area contributed by atoms with Crippen LogP contribution in [0, 0.1) is 0 Å². The van der Waals surface area contributed by atoms with E-state index >= 15 is 0 Å². The average Bonchev–Trinajstić information content (AvgIpc) is 3.16. The minimum absolute atomic E-state index is 0.123. The topological polar surface area (TPSA) is 82.0 Å². The van der Waals surface area contributed by atoms with Crippen LogP contribution >= 0.6 is 0 Å². The lowest BCUT2D eigenvalue weighted by Gasteiger charge is -2.28. The van der Waals surface area contributed by atoms with Gasteiger partial charge in [-0.1, -0.05) is 6.08 Å². The van der Waals surface area contributed by atoms with Gasteiger partial charge in [0.25, 0.3) is 5.91 Å². The van der Waals surface area contributed by atoms with Crippen molar-refractivity contribution in [3.8, 4) is 0 Å². The SMILES string of the molecule is CN/C=C\NCCC(=O)N1CCC=C(c2ccn3cc(C(=O)N(C)C)nc3c2)C1. The summed E-state index contributed by atoms with van der Waals surface area (Å²) in [5, 5.41) is 5.99. The molecular weight excluding hydrogens is 368 g/mol. The number of hydrogen-bond donors (Lipinski definition) is 2. The zero-order valence-electron chi connectivity index (χ0n) is 17.2. The van der Waals surface area contributed by atoms with Gasteiger partial charge in [0.2, 0.25) is 5.91 Å². The zero-order valence-corrected chi connectivity index (χ0v) is 17.2. The summed E-state index contributed by atoms with van der Waals surface area (Å²) in [7, 11) is 5.25. The van der Waals surface area contributed by atoms with Gasteiger partial charge in [0.05, 0.1) is 0 Å². The van der Waals surface area contributed by atoms with E-state index in [1.165, 1.54) is 4.90 Å². The Morgan fingerprint density at radius 1 is 1.31 bits per heavy atom. The first kappa shape index (κ1) is 20.4. The Balaban J connectivity index is 1.67. The molecule has 2 aromatic rings. The number of carbonyl (C=O) groups is 2. The summed E-state index contributed by atoms with van der Waals surface area (Å²) in [4.78, 5) is 32.5. The van der Waals surface area contributed by atoms with E-state index in [0.29, 0.717) is 25.2 Å². The first-order valence-electron chi connectivity index (χ1n) is 9.73. The second-order valence-corrected chi connectivity index (χ2v) is 7.17. The molecule has 1 aliphatic heterocycles. The predicted octanol–water partition coefficient (Wildman–Crippen LogP) is 1.32. The molecule has 2 amide bonds. The third kappa shape index (κ3) is 4.96. The van der Waals surface area contributed by atoms with E-state index in [1.807, 2.05) is 34.7 Å². The van der Waals surface area contributed by atoms with Gasteiger partial charge in [-0.25, -0.2) is 4.98 Å². The number of rotatable bonds is 7. The van der Waals surface area contributed by atoms with Gasteiger partial charge in [-0.3, -0.25) is 9.59 Å². The van der Waals surface area contributed by atoms with Crippen molar-refractivity contribution in [3.05, 3.63) is 54.3 Å². The molecule has 0 saturated carbocycles. The summed E-state index contributed by atoms with van der Waals surface area (Å²) < 4.78 is 1.84. The molecule has 0 fully saturated rings. The van der Waals surface area contributed by atoms with Crippen LogP contribution in [0.2, 0.25) is 0 Å². The third-order valence-electron chi connectivity index (χ3n) is 4.81. The number of hydrogen-bond acceptors (Lipinski definition) is 5. The zero-order chi connectivity index (χ0) is 20.8. The molecule has 8 heteroatoms. The summed E-state index contributed by atoms with van der Waals surface area (Å²) in [5.41, 5.74) is 3.28. The van der Waals surface area contributed by atoms with Crippen LogP contribution in [0.3, 0.4) is 0 Å². The molecule has 29 heavy (non-hydrogen) atoms. The number of pyridine rings is 1. The summed E-state index contributed by atoms with van der Waals surface area (Å²) in [5.74, 6) is 0.0174.